The van der Waals surface area contributed by atoms with E-state index in [1.165, 1.54) is 12.1 Å². The molecule has 1 aromatic carbocycles. The molecule has 1 rings (SSSR count). The molecule has 5 N–H and O–H groups in total. The van der Waals surface area contributed by atoms with Crippen LogP contribution in [0.4, 0.5) is 4.39 Å². The monoisotopic (exact) mass is 425 g/mol. The number of rotatable bonds is 10. The quantitative estimate of drug-likeness (QED) is 0.307. The summed E-state index contributed by atoms with van der Waals surface area (Å²) in [5.41, 5.74) is 0. The van der Waals surface area contributed by atoms with Crippen LogP contribution in [0.15, 0.2) is 23.1 Å². The van der Waals surface area contributed by atoms with Gasteiger partial charge in [0.15, 0.2) is 22.0 Å². The lowest BCUT2D eigenvalue weighted by Gasteiger charge is -2.08. The number of halogens is 1. The molecule has 0 aliphatic rings. The van der Waals surface area contributed by atoms with Gasteiger partial charge >= 0.3 is 11.9 Å². The van der Waals surface area contributed by atoms with Crippen LogP contribution < -0.4 is 10.1 Å². The summed E-state index contributed by atoms with van der Waals surface area (Å²) in [4.78, 5) is 19.5. The van der Waals surface area contributed by atoms with Gasteiger partial charge in [0.05, 0.1) is 4.90 Å². The predicted molar refractivity (Wildman–Crippen MR) is 95.5 cm³/mol. The molecular formula is C16H24FNO9S. The molecule has 0 bridgehead atoms. The number of aliphatic carboxylic acids is 2. The number of aliphatic hydroxyl groups is 2. The van der Waals surface area contributed by atoms with E-state index in [4.69, 9.17) is 25.2 Å². The second-order valence-corrected chi connectivity index (χ2v) is 7.58. The first-order valence-corrected chi connectivity index (χ1v) is 9.95. The Morgan fingerprint density at radius 3 is 2.07 bits per heavy atom. The summed E-state index contributed by atoms with van der Waals surface area (Å²) in [6.07, 6.45) is -2.47. The highest BCUT2D eigenvalue weighted by Gasteiger charge is 2.29. The summed E-state index contributed by atoms with van der Waals surface area (Å²) in [5, 5.41) is 35.7. The summed E-state index contributed by atoms with van der Waals surface area (Å²) in [7, 11) is -3.42. The molecule has 0 saturated carbocycles. The first kappa shape index (κ1) is 25.7. The first-order chi connectivity index (χ1) is 12.9. The molecule has 0 aliphatic heterocycles. The van der Waals surface area contributed by atoms with E-state index in [1.54, 1.807) is 0 Å². The highest BCUT2D eigenvalue weighted by molar-refractivity contribution is 7.90. The van der Waals surface area contributed by atoms with E-state index < -0.39 is 39.8 Å². The maximum absolute atomic E-state index is 13.2. The van der Waals surface area contributed by atoms with Gasteiger partial charge in [-0.05, 0) is 25.1 Å². The van der Waals surface area contributed by atoms with Crippen molar-refractivity contribution in [3.8, 4) is 5.75 Å². The average Bonchev–Trinajstić information content (AvgIpc) is 2.59. The topological polar surface area (TPSA) is 170 Å². The zero-order valence-corrected chi connectivity index (χ0v) is 16.1. The van der Waals surface area contributed by atoms with Crippen molar-refractivity contribution in [3.05, 3.63) is 24.0 Å². The number of hydrogen-bond acceptors (Lipinski definition) is 8. The maximum atomic E-state index is 13.2. The maximum Gasteiger partial charge on any atom is 0.335 e. The molecule has 160 valence electrons. The van der Waals surface area contributed by atoms with Crippen molar-refractivity contribution in [2.75, 3.05) is 26.0 Å². The van der Waals surface area contributed by atoms with E-state index in [-0.39, 0.29) is 10.6 Å². The third-order valence-electron chi connectivity index (χ3n) is 3.05. The van der Waals surface area contributed by atoms with Crippen molar-refractivity contribution in [1.29, 1.82) is 0 Å². The van der Waals surface area contributed by atoms with Crippen molar-refractivity contribution in [3.63, 3.8) is 0 Å². The number of carboxylic acids is 2. The van der Waals surface area contributed by atoms with Gasteiger partial charge in [0.25, 0.3) is 0 Å². The van der Waals surface area contributed by atoms with E-state index in [1.807, 2.05) is 0 Å². The Hall–Kier alpha value is -2.28. The number of hydrogen-bond donors (Lipinski definition) is 5. The summed E-state index contributed by atoms with van der Waals surface area (Å²) >= 11 is 0. The molecular weight excluding hydrogens is 401 g/mol. The molecule has 0 heterocycles. The van der Waals surface area contributed by atoms with Crippen LogP contribution in [0.2, 0.25) is 0 Å². The van der Waals surface area contributed by atoms with Gasteiger partial charge in [-0.3, -0.25) is 0 Å². The molecule has 0 radical (unpaired) electrons. The predicted octanol–water partition coefficient (Wildman–Crippen LogP) is -0.515. The molecule has 10 nitrogen and oxygen atoms in total. The van der Waals surface area contributed by atoms with Gasteiger partial charge in [0.1, 0.15) is 18.2 Å². The fraction of sp³-hybridized carbons (Fsp3) is 0.500. The number of nitrogens with one attached hydrogen (secondary N) is 1. The second-order valence-electron chi connectivity index (χ2n) is 5.56. The smallest absolute Gasteiger partial charge is 0.335 e. The van der Waals surface area contributed by atoms with Crippen molar-refractivity contribution >= 4 is 21.8 Å². The molecule has 0 fully saturated rings. The van der Waals surface area contributed by atoms with Crippen LogP contribution in [-0.4, -0.2) is 78.9 Å². The largest absolute Gasteiger partial charge is 0.492 e. The number of carbonyl (C=O) groups is 2. The molecule has 28 heavy (non-hydrogen) atoms. The molecule has 0 spiro atoms. The number of carboxylic acid groups (broad SMARTS) is 2. The minimum absolute atomic E-state index is 0.0704. The summed E-state index contributed by atoms with van der Waals surface area (Å²) in [5.74, 6) is -3.92. The SMILES string of the molecule is CCCNCCOc1cc(F)cc(S(C)(=O)=O)c1.O=C(O)[C@H](O)[C@@H](O)C(=O)O. The normalized spacial score (nSPS) is 13.0. The Bertz CT molecular complexity index is 736. The number of aliphatic hydroxyl groups excluding tert-OH is 2. The van der Waals surface area contributed by atoms with Gasteiger partial charge in [0.2, 0.25) is 0 Å². The molecule has 12 heteroatoms. The molecule has 1 aromatic rings. The average molecular weight is 425 g/mol. The Morgan fingerprint density at radius 2 is 1.64 bits per heavy atom. The molecule has 0 unspecified atom stereocenters. The Kier molecular flexibility index (Phi) is 11.2. The van der Waals surface area contributed by atoms with Crippen molar-refractivity contribution in [2.45, 2.75) is 30.4 Å². The van der Waals surface area contributed by atoms with Crippen molar-refractivity contribution < 1.29 is 47.6 Å². The third kappa shape index (κ3) is 10.2. The Labute approximate surface area is 161 Å². The standard InChI is InChI=1S/C12H18FNO3S.C4H6O6/c1-3-4-14-5-6-17-11-7-10(13)8-12(9-11)18(2,15)16;5-1(3(7)8)2(6)4(9)10/h7-9,14H,3-6H2,1-2H3;1-2,5-6H,(H,7,8)(H,9,10)/t;1-,2-/m.1/s1. The number of benzene rings is 1. The van der Waals surface area contributed by atoms with E-state index in [2.05, 4.69) is 12.2 Å². The zero-order valence-electron chi connectivity index (χ0n) is 15.3. The van der Waals surface area contributed by atoms with Gasteiger partial charge in [-0.25, -0.2) is 22.4 Å². The van der Waals surface area contributed by atoms with Gasteiger partial charge in [-0.1, -0.05) is 6.92 Å². The first-order valence-electron chi connectivity index (χ1n) is 8.06. The van der Waals surface area contributed by atoms with Gasteiger partial charge in [0, 0.05) is 18.9 Å². The van der Waals surface area contributed by atoms with E-state index >= 15 is 0 Å². The minimum Gasteiger partial charge on any atom is -0.492 e. The lowest BCUT2D eigenvalue weighted by atomic mass is 10.2. The Balaban J connectivity index is 0.000000621. The van der Waals surface area contributed by atoms with E-state index in [0.717, 1.165) is 25.3 Å². The molecule has 0 aliphatic carbocycles. The highest BCUT2D eigenvalue weighted by Crippen LogP contribution is 2.19. The van der Waals surface area contributed by atoms with E-state index in [0.29, 0.717) is 13.2 Å². The third-order valence-corrected chi connectivity index (χ3v) is 4.14. The fourth-order valence-corrected chi connectivity index (χ4v) is 2.30. The fourth-order valence-electron chi connectivity index (χ4n) is 1.65. The zero-order chi connectivity index (χ0) is 21.9. The van der Waals surface area contributed by atoms with Crippen LogP contribution in [0.3, 0.4) is 0 Å². The number of ether oxygens (including phenoxy) is 1. The lowest BCUT2D eigenvalue weighted by molar-refractivity contribution is -0.165. The highest BCUT2D eigenvalue weighted by atomic mass is 32.2. The van der Waals surface area contributed by atoms with Gasteiger partial charge in [-0.2, -0.15) is 0 Å². The van der Waals surface area contributed by atoms with Gasteiger partial charge in [-0.15, -0.1) is 0 Å². The molecule has 0 aromatic heterocycles. The molecule has 0 amide bonds. The van der Waals surface area contributed by atoms with Crippen LogP contribution in [-0.2, 0) is 19.4 Å². The van der Waals surface area contributed by atoms with Gasteiger partial charge < -0.3 is 30.5 Å². The van der Waals surface area contributed by atoms with Crippen LogP contribution in [0.1, 0.15) is 13.3 Å². The summed E-state index contributed by atoms with van der Waals surface area (Å²) in [6.45, 7) is 3.95. The second kappa shape index (κ2) is 12.2. The van der Waals surface area contributed by atoms with Crippen LogP contribution in [0.5, 0.6) is 5.75 Å². The van der Waals surface area contributed by atoms with Crippen LogP contribution in [0, 0.1) is 5.82 Å². The van der Waals surface area contributed by atoms with Crippen LogP contribution in [0.25, 0.3) is 0 Å². The van der Waals surface area contributed by atoms with E-state index in [9.17, 15) is 22.4 Å². The summed E-state index contributed by atoms with van der Waals surface area (Å²) in [6, 6.07) is 3.49. The Morgan fingerprint density at radius 1 is 1.11 bits per heavy atom. The minimum atomic E-state index is -3.42. The molecule has 0 saturated heterocycles. The molecule has 2 atom stereocenters. The summed E-state index contributed by atoms with van der Waals surface area (Å²) < 4.78 is 41.2. The van der Waals surface area contributed by atoms with Crippen molar-refractivity contribution in [2.24, 2.45) is 0 Å². The number of sulfone groups is 1. The lowest BCUT2D eigenvalue weighted by Crippen LogP contribution is -2.39. The van der Waals surface area contributed by atoms with Crippen LogP contribution >= 0.6 is 0 Å². The van der Waals surface area contributed by atoms with Crippen molar-refractivity contribution in [1.82, 2.24) is 5.32 Å².